The van der Waals surface area contributed by atoms with Crippen molar-refractivity contribution in [2.24, 2.45) is 0 Å². The third kappa shape index (κ3) is 7.58. The Kier molecular flexibility index (Phi) is 7.58. The second-order valence-electron chi connectivity index (χ2n) is 8.06. The van der Waals surface area contributed by atoms with Crippen LogP contribution in [0, 0.1) is 13.8 Å². The van der Waals surface area contributed by atoms with Gasteiger partial charge in [-0.3, -0.25) is 9.59 Å². The first-order chi connectivity index (χ1) is 14.0. The predicted octanol–water partition coefficient (Wildman–Crippen LogP) is 4.41. The molecule has 0 aliphatic heterocycles. The van der Waals surface area contributed by atoms with E-state index in [4.69, 9.17) is 4.74 Å². The third-order valence-corrected chi connectivity index (χ3v) is 4.19. The van der Waals surface area contributed by atoms with Crippen LogP contribution < -0.4 is 16.0 Å². The smallest absolute Gasteiger partial charge is 0.407 e. The van der Waals surface area contributed by atoms with Gasteiger partial charge in [-0.1, -0.05) is 12.1 Å². The van der Waals surface area contributed by atoms with Crippen LogP contribution in [0.2, 0.25) is 0 Å². The number of ether oxygens (including phenoxy) is 1. The van der Waals surface area contributed by atoms with Gasteiger partial charge in [-0.05, 0) is 76.1 Å². The topological polar surface area (TPSA) is 96.5 Å². The number of carbonyl (C=O) groups excluding carboxylic acids is 3. The second kappa shape index (κ2) is 9.91. The van der Waals surface area contributed by atoms with Gasteiger partial charge in [0.25, 0.3) is 5.91 Å². The first-order valence-electron chi connectivity index (χ1n) is 9.79. The summed E-state index contributed by atoms with van der Waals surface area (Å²) in [5, 5.41) is 8.13. The normalized spacial score (nSPS) is 10.8. The van der Waals surface area contributed by atoms with Crippen molar-refractivity contribution in [3.05, 3.63) is 59.2 Å². The van der Waals surface area contributed by atoms with E-state index >= 15 is 0 Å². The summed E-state index contributed by atoms with van der Waals surface area (Å²) in [4.78, 5) is 36.2. The largest absolute Gasteiger partial charge is 0.444 e. The number of rotatable bonds is 6. The van der Waals surface area contributed by atoms with Crippen molar-refractivity contribution in [2.75, 3.05) is 17.2 Å². The van der Waals surface area contributed by atoms with Crippen molar-refractivity contribution in [3.63, 3.8) is 0 Å². The Balaban J connectivity index is 1.87. The molecule has 160 valence electrons. The zero-order chi connectivity index (χ0) is 22.3. The maximum atomic E-state index is 12.5. The van der Waals surface area contributed by atoms with Crippen molar-refractivity contribution in [3.8, 4) is 0 Å². The molecular weight excluding hydrogens is 382 g/mol. The van der Waals surface area contributed by atoms with Crippen molar-refractivity contribution < 1.29 is 19.1 Å². The van der Waals surface area contributed by atoms with Gasteiger partial charge in [0.1, 0.15) is 5.60 Å². The number of carbonyl (C=O) groups is 3. The van der Waals surface area contributed by atoms with E-state index in [0.29, 0.717) is 16.9 Å². The molecule has 2 rings (SSSR count). The van der Waals surface area contributed by atoms with Gasteiger partial charge in [-0.2, -0.15) is 0 Å². The number of amides is 3. The van der Waals surface area contributed by atoms with E-state index in [1.165, 1.54) is 0 Å². The summed E-state index contributed by atoms with van der Waals surface area (Å²) >= 11 is 0. The lowest BCUT2D eigenvalue weighted by Gasteiger charge is -2.19. The van der Waals surface area contributed by atoms with E-state index in [1.807, 2.05) is 26.0 Å². The standard InChI is InChI=1S/C23H29N3O4/c1-15-9-10-17(13-16(15)2)21(28)26-19-8-6-7-18(14-19)25-20(27)11-12-24-22(29)30-23(3,4)5/h6-10,13-14H,11-12H2,1-5H3,(H,24,29)(H,25,27)(H,26,28). The minimum Gasteiger partial charge on any atom is -0.444 e. The molecule has 0 spiro atoms. The molecule has 0 fully saturated rings. The van der Waals surface area contributed by atoms with Crippen LogP contribution in [-0.2, 0) is 9.53 Å². The SMILES string of the molecule is Cc1ccc(C(=O)Nc2cccc(NC(=O)CCNC(=O)OC(C)(C)C)c2)cc1C. The average Bonchev–Trinajstić information content (AvgIpc) is 2.62. The minimum atomic E-state index is -0.589. The predicted molar refractivity (Wildman–Crippen MR) is 118 cm³/mol. The number of aryl methyl sites for hydroxylation is 2. The van der Waals surface area contributed by atoms with Gasteiger partial charge < -0.3 is 20.7 Å². The first-order valence-corrected chi connectivity index (χ1v) is 9.79. The molecule has 2 aromatic carbocycles. The monoisotopic (exact) mass is 411 g/mol. The molecule has 0 saturated carbocycles. The highest BCUT2D eigenvalue weighted by molar-refractivity contribution is 6.04. The van der Waals surface area contributed by atoms with Crippen LogP contribution >= 0.6 is 0 Å². The van der Waals surface area contributed by atoms with Gasteiger partial charge in [0.15, 0.2) is 0 Å². The number of hydrogen-bond donors (Lipinski definition) is 3. The molecule has 7 heteroatoms. The van der Waals surface area contributed by atoms with Crippen molar-refractivity contribution in [1.82, 2.24) is 5.32 Å². The van der Waals surface area contributed by atoms with E-state index in [2.05, 4.69) is 16.0 Å². The van der Waals surface area contributed by atoms with Crippen LogP contribution in [0.25, 0.3) is 0 Å². The Morgan fingerprint density at radius 1 is 0.900 bits per heavy atom. The molecule has 0 aliphatic carbocycles. The van der Waals surface area contributed by atoms with Crippen molar-refractivity contribution >= 4 is 29.3 Å². The van der Waals surface area contributed by atoms with Gasteiger partial charge in [0, 0.05) is 29.9 Å². The zero-order valence-electron chi connectivity index (χ0n) is 18.1. The van der Waals surface area contributed by atoms with E-state index in [0.717, 1.165) is 11.1 Å². The van der Waals surface area contributed by atoms with Crippen LogP contribution in [0.15, 0.2) is 42.5 Å². The van der Waals surface area contributed by atoms with Crippen molar-refractivity contribution in [2.45, 2.75) is 46.6 Å². The quantitative estimate of drug-likeness (QED) is 0.656. The molecule has 3 N–H and O–H groups in total. The molecule has 0 bridgehead atoms. The summed E-state index contributed by atoms with van der Waals surface area (Å²) in [5.74, 6) is -0.480. The van der Waals surface area contributed by atoms with E-state index in [-0.39, 0.29) is 24.8 Å². The summed E-state index contributed by atoms with van der Waals surface area (Å²) < 4.78 is 5.12. The van der Waals surface area contributed by atoms with Crippen LogP contribution in [0.5, 0.6) is 0 Å². The summed E-state index contributed by atoms with van der Waals surface area (Å²) in [6.45, 7) is 9.41. The summed E-state index contributed by atoms with van der Waals surface area (Å²) in [6, 6.07) is 12.4. The summed E-state index contributed by atoms with van der Waals surface area (Å²) in [7, 11) is 0. The summed E-state index contributed by atoms with van der Waals surface area (Å²) in [6.07, 6.45) is -0.468. The highest BCUT2D eigenvalue weighted by Crippen LogP contribution is 2.17. The highest BCUT2D eigenvalue weighted by atomic mass is 16.6. The summed E-state index contributed by atoms with van der Waals surface area (Å²) in [5.41, 5.74) is 3.27. The maximum absolute atomic E-state index is 12.5. The van der Waals surface area contributed by atoms with Crippen LogP contribution in [-0.4, -0.2) is 30.1 Å². The van der Waals surface area contributed by atoms with E-state index in [9.17, 15) is 14.4 Å². The van der Waals surface area contributed by atoms with Gasteiger partial charge in [0.2, 0.25) is 5.91 Å². The molecule has 30 heavy (non-hydrogen) atoms. The Morgan fingerprint density at radius 2 is 1.57 bits per heavy atom. The number of anilines is 2. The minimum absolute atomic E-state index is 0.0957. The molecule has 0 aliphatic rings. The molecule has 0 aromatic heterocycles. The maximum Gasteiger partial charge on any atom is 0.407 e. The Bertz CT molecular complexity index is 932. The Hall–Kier alpha value is -3.35. The molecule has 2 aromatic rings. The number of benzene rings is 2. The molecule has 0 radical (unpaired) electrons. The van der Waals surface area contributed by atoms with E-state index in [1.54, 1.807) is 51.1 Å². The second-order valence-corrected chi connectivity index (χ2v) is 8.06. The average molecular weight is 412 g/mol. The van der Waals surface area contributed by atoms with Crippen molar-refractivity contribution in [1.29, 1.82) is 0 Å². The number of nitrogens with one attached hydrogen (secondary N) is 3. The van der Waals surface area contributed by atoms with Crippen LogP contribution in [0.1, 0.15) is 48.7 Å². The fourth-order valence-corrected chi connectivity index (χ4v) is 2.58. The Morgan fingerprint density at radius 3 is 2.20 bits per heavy atom. The highest BCUT2D eigenvalue weighted by Gasteiger charge is 2.16. The lowest BCUT2D eigenvalue weighted by Crippen LogP contribution is -2.34. The van der Waals surface area contributed by atoms with Gasteiger partial charge in [0.05, 0.1) is 0 Å². The molecule has 3 amide bonds. The number of hydrogen-bond acceptors (Lipinski definition) is 4. The van der Waals surface area contributed by atoms with Crippen LogP contribution in [0.4, 0.5) is 16.2 Å². The molecule has 0 atom stereocenters. The molecule has 0 heterocycles. The van der Waals surface area contributed by atoms with Crippen LogP contribution in [0.3, 0.4) is 0 Å². The molecule has 0 saturated heterocycles. The van der Waals surface area contributed by atoms with Gasteiger partial charge in [-0.25, -0.2) is 4.79 Å². The van der Waals surface area contributed by atoms with Gasteiger partial charge in [-0.15, -0.1) is 0 Å². The van der Waals surface area contributed by atoms with Gasteiger partial charge >= 0.3 is 6.09 Å². The zero-order valence-corrected chi connectivity index (χ0v) is 18.1. The lowest BCUT2D eigenvalue weighted by atomic mass is 10.1. The Labute approximate surface area is 177 Å². The first kappa shape index (κ1) is 22.9. The number of alkyl carbamates (subject to hydrolysis) is 1. The molecular formula is C23H29N3O4. The lowest BCUT2D eigenvalue weighted by molar-refractivity contribution is -0.116. The molecule has 7 nitrogen and oxygen atoms in total. The van der Waals surface area contributed by atoms with E-state index < -0.39 is 11.7 Å². The molecule has 0 unspecified atom stereocenters. The fraction of sp³-hybridized carbons (Fsp3) is 0.348. The third-order valence-electron chi connectivity index (χ3n) is 4.19. The fourth-order valence-electron chi connectivity index (χ4n) is 2.58.